The van der Waals surface area contributed by atoms with Crippen LogP contribution in [-0.2, 0) is 11.3 Å². The molecule has 0 saturated carbocycles. The highest BCUT2D eigenvalue weighted by molar-refractivity contribution is 6.33. The fraction of sp³-hybridized carbons (Fsp3) is 0.278. The molecule has 26 heavy (non-hydrogen) atoms. The van der Waals surface area contributed by atoms with Crippen LogP contribution in [0.15, 0.2) is 36.5 Å². The topological polar surface area (TPSA) is 64.7 Å². The van der Waals surface area contributed by atoms with Crippen LogP contribution in [0, 0.1) is 13.8 Å². The van der Waals surface area contributed by atoms with Crippen LogP contribution >= 0.6 is 23.2 Å². The molecule has 0 aliphatic carbocycles. The van der Waals surface area contributed by atoms with Crippen molar-refractivity contribution in [3.8, 4) is 0 Å². The van der Waals surface area contributed by atoms with Gasteiger partial charge in [0.25, 0.3) is 0 Å². The molecule has 0 fully saturated rings. The van der Waals surface area contributed by atoms with Gasteiger partial charge < -0.3 is 5.32 Å². The van der Waals surface area contributed by atoms with E-state index in [0.717, 1.165) is 11.3 Å². The first kappa shape index (κ1) is 18.5. The highest BCUT2D eigenvalue weighted by Gasteiger charge is 2.22. The number of nitrogens with one attached hydrogen (secondary N) is 1. The van der Waals surface area contributed by atoms with Gasteiger partial charge in [-0.15, -0.1) is 0 Å². The maximum Gasteiger partial charge on any atom is 0.250 e. The summed E-state index contributed by atoms with van der Waals surface area (Å²) in [5, 5.41) is 12.4. The average molecular weight is 392 g/mol. The van der Waals surface area contributed by atoms with Crippen molar-refractivity contribution < 1.29 is 4.79 Å². The minimum atomic E-state index is -0.545. The van der Waals surface area contributed by atoms with Crippen LogP contribution in [-0.4, -0.2) is 25.5 Å². The highest BCUT2D eigenvalue weighted by atomic mass is 35.5. The second-order valence-corrected chi connectivity index (χ2v) is 6.89. The summed E-state index contributed by atoms with van der Waals surface area (Å²) in [6.07, 6.45) is 1.69. The van der Waals surface area contributed by atoms with Gasteiger partial charge in [-0.2, -0.15) is 10.2 Å². The van der Waals surface area contributed by atoms with Crippen LogP contribution in [0.5, 0.6) is 0 Å². The molecule has 2 heterocycles. The smallest absolute Gasteiger partial charge is 0.250 e. The molecule has 1 amide bonds. The SMILES string of the molecule is Cc1nn(C(C)C(=O)Nc2nn(Cc3ccccc3)cc2Cl)c(C)c1Cl. The molecule has 1 unspecified atom stereocenters. The zero-order chi connectivity index (χ0) is 18.8. The van der Waals surface area contributed by atoms with Gasteiger partial charge in [0.2, 0.25) is 5.91 Å². The molecule has 1 N–H and O–H groups in total. The fourth-order valence-corrected chi connectivity index (χ4v) is 3.01. The monoisotopic (exact) mass is 391 g/mol. The van der Waals surface area contributed by atoms with Crippen molar-refractivity contribution in [2.24, 2.45) is 0 Å². The van der Waals surface area contributed by atoms with Gasteiger partial charge in [0.1, 0.15) is 11.1 Å². The predicted octanol–water partition coefficient (Wildman–Crippen LogP) is 4.25. The standard InChI is InChI=1S/C18H19Cl2N5O/c1-11-16(20)12(2)25(22-11)13(3)18(26)21-17-15(19)10-24(23-17)9-14-7-5-4-6-8-14/h4-8,10,13H,9H2,1-3H3,(H,21,23,26). The number of rotatable bonds is 5. The molecule has 0 aliphatic rings. The van der Waals surface area contributed by atoms with Gasteiger partial charge in [-0.25, -0.2) is 0 Å². The largest absolute Gasteiger partial charge is 0.306 e. The fourth-order valence-electron chi connectivity index (χ4n) is 2.69. The summed E-state index contributed by atoms with van der Waals surface area (Å²) in [5.41, 5.74) is 2.52. The van der Waals surface area contributed by atoms with Crippen molar-refractivity contribution in [2.45, 2.75) is 33.4 Å². The molecule has 136 valence electrons. The molecule has 2 aromatic heterocycles. The average Bonchev–Trinajstić information content (AvgIpc) is 3.09. The molecule has 0 aliphatic heterocycles. The van der Waals surface area contributed by atoms with Crippen LogP contribution in [0.1, 0.15) is 29.9 Å². The van der Waals surface area contributed by atoms with Crippen molar-refractivity contribution in [3.63, 3.8) is 0 Å². The number of anilines is 1. The summed E-state index contributed by atoms with van der Waals surface area (Å²) in [5.74, 6) is 0.0613. The number of halogens is 2. The zero-order valence-corrected chi connectivity index (χ0v) is 16.2. The molecule has 0 spiro atoms. The van der Waals surface area contributed by atoms with Crippen LogP contribution in [0.4, 0.5) is 5.82 Å². The van der Waals surface area contributed by atoms with E-state index in [1.54, 1.807) is 29.4 Å². The molecule has 0 bridgehead atoms. The van der Waals surface area contributed by atoms with Gasteiger partial charge in [-0.1, -0.05) is 53.5 Å². The van der Waals surface area contributed by atoms with Crippen LogP contribution in [0.25, 0.3) is 0 Å². The van der Waals surface area contributed by atoms with E-state index in [4.69, 9.17) is 23.2 Å². The van der Waals surface area contributed by atoms with Crippen LogP contribution < -0.4 is 5.32 Å². The summed E-state index contributed by atoms with van der Waals surface area (Å²) in [4.78, 5) is 12.6. The third-order valence-corrected chi connectivity index (χ3v) is 4.95. The Kier molecular flexibility index (Phi) is 5.34. The van der Waals surface area contributed by atoms with Crippen molar-refractivity contribution in [1.82, 2.24) is 19.6 Å². The van der Waals surface area contributed by atoms with Crippen LogP contribution in [0.2, 0.25) is 10.0 Å². The van der Waals surface area contributed by atoms with Gasteiger partial charge in [0, 0.05) is 6.20 Å². The molecular formula is C18H19Cl2N5O. The number of carbonyl (C=O) groups is 1. The Morgan fingerprint density at radius 3 is 2.50 bits per heavy atom. The summed E-state index contributed by atoms with van der Waals surface area (Å²) in [7, 11) is 0. The number of aromatic nitrogens is 4. The van der Waals surface area contributed by atoms with E-state index in [1.807, 2.05) is 37.3 Å². The number of amides is 1. The lowest BCUT2D eigenvalue weighted by Gasteiger charge is -2.13. The van der Waals surface area contributed by atoms with Crippen molar-refractivity contribution in [2.75, 3.05) is 5.32 Å². The summed E-state index contributed by atoms with van der Waals surface area (Å²) in [6, 6.07) is 9.34. The molecule has 1 atom stereocenters. The van der Waals surface area contributed by atoms with E-state index in [1.165, 1.54) is 0 Å². The molecule has 3 aromatic rings. The Morgan fingerprint density at radius 1 is 1.19 bits per heavy atom. The van der Waals surface area contributed by atoms with E-state index < -0.39 is 6.04 Å². The molecular weight excluding hydrogens is 373 g/mol. The van der Waals surface area contributed by atoms with E-state index in [2.05, 4.69) is 15.5 Å². The van der Waals surface area contributed by atoms with Gasteiger partial charge >= 0.3 is 0 Å². The van der Waals surface area contributed by atoms with Crippen molar-refractivity contribution in [3.05, 3.63) is 63.5 Å². The Morgan fingerprint density at radius 2 is 1.88 bits per heavy atom. The summed E-state index contributed by atoms with van der Waals surface area (Å²) in [6.45, 7) is 5.95. The van der Waals surface area contributed by atoms with E-state index in [9.17, 15) is 4.79 Å². The molecule has 8 heteroatoms. The Labute approximate surface area is 161 Å². The normalized spacial score (nSPS) is 12.2. The zero-order valence-electron chi connectivity index (χ0n) is 14.7. The first-order valence-corrected chi connectivity index (χ1v) is 8.91. The van der Waals surface area contributed by atoms with Gasteiger partial charge in [0.05, 0.1) is 23.0 Å². The summed E-state index contributed by atoms with van der Waals surface area (Å²) >= 11 is 12.4. The molecule has 0 radical (unpaired) electrons. The lowest BCUT2D eigenvalue weighted by molar-refractivity contribution is -0.119. The first-order chi connectivity index (χ1) is 12.4. The lowest BCUT2D eigenvalue weighted by atomic mass is 10.2. The second kappa shape index (κ2) is 7.51. The number of benzene rings is 1. The number of hydrogen-bond acceptors (Lipinski definition) is 3. The second-order valence-electron chi connectivity index (χ2n) is 6.10. The Hall–Kier alpha value is -2.31. The van der Waals surface area contributed by atoms with Crippen molar-refractivity contribution in [1.29, 1.82) is 0 Å². The predicted molar refractivity (Wildman–Crippen MR) is 103 cm³/mol. The lowest BCUT2D eigenvalue weighted by Crippen LogP contribution is -2.25. The van der Waals surface area contributed by atoms with E-state index in [-0.39, 0.29) is 5.91 Å². The molecule has 6 nitrogen and oxygen atoms in total. The number of hydrogen-bond donors (Lipinski definition) is 1. The number of nitrogens with zero attached hydrogens (tertiary/aromatic N) is 4. The Balaban J connectivity index is 1.74. The van der Waals surface area contributed by atoms with Gasteiger partial charge in [-0.3, -0.25) is 14.2 Å². The highest BCUT2D eigenvalue weighted by Crippen LogP contribution is 2.24. The number of aryl methyl sites for hydroxylation is 1. The first-order valence-electron chi connectivity index (χ1n) is 8.15. The summed E-state index contributed by atoms with van der Waals surface area (Å²) < 4.78 is 3.29. The van der Waals surface area contributed by atoms with Crippen molar-refractivity contribution >= 4 is 34.9 Å². The maximum absolute atomic E-state index is 12.6. The minimum absolute atomic E-state index is 0.265. The van der Waals surface area contributed by atoms with E-state index >= 15 is 0 Å². The van der Waals surface area contributed by atoms with Crippen LogP contribution in [0.3, 0.4) is 0 Å². The quantitative estimate of drug-likeness (QED) is 0.706. The van der Waals surface area contributed by atoms with Gasteiger partial charge in [-0.05, 0) is 26.3 Å². The molecule has 1 aromatic carbocycles. The Bertz CT molecular complexity index is 933. The number of carbonyl (C=O) groups excluding carboxylic acids is 1. The minimum Gasteiger partial charge on any atom is -0.306 e. The molecule has 3 rings (SSSR count). The van der Waals surface area contributed by atoms with E-state index in [0.29, 0.717) is 28.1 Å². The van der Waals surface area contributed by atoms with Gasteiger partial charge in [0.15, 0.2) is 5.82 Å². The molecule has 0 saturated heterocycles. The maximum atomic E-state index is 12.6. The third-order valence-electron chi connectivity index (χ3n) is 4.13. The third kappa shape index (κ3) is 3.76.